The third kappa shape index (κ3) is 4.93. The van der Waals surface area contributed by atoms with E-state index < -0.39 is 0 Å². The van der Waals surface area contributed by atoms with Gasteiger partial charge in [0.2, 0.25) is 11.8 Å². The molecule has 0 radical (unpaired) electrons. The number of aryl methyl sites for hydroxylation is 1. The summed E-state index contributed by atoms with van der Waals surface area (Å²) in [5.41, 5.74) is 2.06. The second kappa shape index (κ2) is 8.48. The molecule has 1 heterocycles. The first-order valence-electron chi connectivity index (χ1n) is 7.77. The molecule has 0 saturated carbocycles. The molecule has 0 bridgehead atoms. The van der Waals surface area contributed by atoms with E-state index in [1.165, 1.54) is 0 Å². The predicted octanol–water partition coefficient (Wildman–Crippen LogP) is 3.02. The molecule has 0 unspecified atom stereocenters. The van der Waals surface area contributed by atoms with Gasteiger partial charge in [-0.15, -0.1) is 11.3 Å². The maximum atomic E-state index is 12.0. The quantitative estimate of drug-likeness (QED) is 0.848. The molecule has 0 aliphatic rings. The summed E-state index contributed by atoms with van der Waals surface area (Å²) in [6, 6.07) is 11.8. The van der Waals surface area contributed by atoms with Gasteiger partial charge in [0.05, 0.1) is 6.42 Å². The van der Waals surface area contributed by atoms with E-state index in [1.807, 2.05) is 41.8 Å². The minimum Gasteiger partial charge on any atom is -0.354 e. The number of rotatable bonds is 7. The molecule has 2 amide bonds. The molecule has 4 nitrogen and oxygen atoms in total. The van der Waals surface area contributed by atoms with E-state index >= 15 is 0 Å². The number of anilines is 1. The van der Waals surface area contributed by atoms with Gasteiger partial charge in [-0.05, 0) is 29.5 Å². The van der Waals surface area contributed by atoms with Crippen LogP contribution < -0.4 is 10.2 Å². The number of carbonyl (C=O) groups excluding carboxylic acids is 2. The fourth-order valence-corrected chi connectivity index (χ4v) is 3.17. The Hall–Kier alpha value is -2.14. The van der Waals surface area contributed by atoms with Crippen molar-refractivity contribution in [3.05, 3.63) is 52.2 Å². The smallest absolute Gasteiger partial charge is 0.225 e. The molecule has 0 saturated heterocycles. The monoisotopic (exact) mass is 330 g/mol. The Kier molecular flexibility index (Phi) is 6.35. The highest BCUT2D eigenvalue weighted by Crippen LogP contribution is 2.20. The number of para-hydroxylation sites is 1. The highest BCUT2D eigenvalue weighted by molar-refractivity contribution is 7.10. The molecular weight excluding hydrogens is 308 g/mol. The van der Waals surface area contributed by atoms with Crippen LogP contribution in [-0.2, 0) is 22.4 Å². The summed E-state index contributed by atoms with van der Waals surface area (Å²) < 4.78 is 0. The van der Waals surface area contributed by atoms with Crippen molar-refractivity contribution < 1.29 is 9.59 Å². The largest absolute Gasteiger partial charge is 0.354 e. The summed E-state index contributed by atoms with van der Waals surface area (Å²) in [6.07, 6.45) is 1.26. The first kappa shape index (κ1) is 17.2. The molecule has 1 N–H and O–H groups in total. The highest BCUT2D eigenvalue weighted by Gasteiger charge is 2.14. The van der Waals surface area contributed by atoms with Gasteiger partial charge in [0.1, 0.15) is 0 Å². The van der Waals surface area contributed by atoms with Crippen molar-refractivity contribution in [2.45, 2.75) is 26.7 Å². The van der Waals surface area contributed by atoms with Gasteiger partial charge in [-0.25, -0.2) is 0 Å². The van der Waals surface area contributed by atoms with Crippen molar-refractivity contribution in [1.29, 1.82) is 0 Å². The van der Waals surface area contributed by atoms with Crippen LogP contribution in [0, 0.1) is 0 Å². The van der Waals surface area contributed by atoms with Gasteiger partial charge >= 0.3 is 0 Å². The first-order valence-corrected chi connectivity index (χ1v) is 8.65. The van der Waals surface area contributed by atoms with Crippen molar-refractivity contribution in [3.8, 4) is 0 Å². The van der Waals surface area contributed by atoms with Crippen LogP contribution in [0.1, 0.15) is 24.3 Å². The van der Waals surface area contributed by atoms with Gasteiger partial charge in [-0.2, -0.15) is 0 Å². The average molecular weight is 330 g/mol. The first-order chi connectivity index (χ1) is 11.1. The summed E-state index contributed by atoms with van der Waals surface area (Å²) in [6.45, 7) is 4.55. The Morgan fingerprint density at radius 2 is 1.96 bits per heavy atom. The van der Waals surface area contributed by atoms with Crippen molar-refractivity contribution in [1.82, 2.24) is 5.32 Å². The molecule has 0 aliphatic heterocycles. The van der Waals surface area contributed by atoms with Crippen LogP contribution in [0.2, 0.25) is 0 Å². The van der Waals surface area contributed by atoms with Gasteiger partial charge in [0.15, 0.2) is 0 Å². The van der Waals surface area contributed by atoms with E-state index in [4.69, 9.17) is 0 Å². The van der Waals surface area contributed by atoms with Crippen LogP contribution in [0.5, 0.6) is 0 Å². The normalized spacial score (nSPS) is 10.3. The molecule has 0 atom stereocenters. The van der Waals surface area contributed by atoms with E-state index in [-0.39, 0.29) is 11.8 Å². The second-order valence-electron chi connectivity index (χ2n) is 5.26. The predicted molar refractivity (Wildman–Crippen MR) is 94.9 cm³/mol. The molecule has 1 aromatic heterocycles. The third-order valence-electron chi connectivity index (χ3n) is 3.62. The lowest BCUT2D eigenvalue weighted by Gasteiger charge is -2.24. The van der Waals surface area contributed by atoms with Crippen LogP contribution in [-0.4, -0.2) is 24.9 Å². The molecular formula is C18H22N2O2S. The number of hydrogen-bond donors (Lipinski definition) is 1. The fraction of sp³-hybridized carbons (Fsp3) is 0.333. The van der Waals surface area contributed by atoms with Crippen molar-refractivity contribution in [2.75, 3.05) is 18.0 Å². The van der Waals surface area contributed by atoms with E-state index in [0.29, 0.717) is 19.5 Å². The van der Waals surface area contributed by atoms with Gasteiger partial charge in [-0.1, -0.05) is 31.2 Å². The van der Waals surface area contributed by atoms with E-state index in [1.54, 1.807) is 23.2 Å². The zero-order valence-electron chi connectivity index (χ0n) is 13.5. The van der Waals surface area contributed by atoms with Crippen molar-refractivity contribution >= 4 is 28.8 Å². The second-order valence-corrected chi connectivity index (χ2v) is 6.29. The number of carbonyl (C=O) groups is 2. The van der Waals surface area contributed by atoms with E-state index in [2.05, 4.69) is 12.2 Å². The van der Waals surface area contributed by atoms with Crippen LogP contribution in [0.25, 0.3) is 0 Å². The molecule has 0 aliphatic carbocycles. The fourth-order valence-electron chi connectivity index (χ4n) is 2.46. The zero-order chi connectivity index (χ0) is 16.7. The topological polar surface area (TPSA) is 49.4 Å². The lowest BCUT2D eigenvalue weighted by Crippen LogP contribution is -2.38. The van der Waals surface area contributed by atoms with Crippen LogP contribution >= 0.6 is 11.3 Å². The SMILES string of the molecule is CCc1ccccc1N(CCNC(=O)Cc1cccs1)C(C)=O. The van der Waals surface area contributed by atoms with Crippen molar-refractivity contribution in [3.63, 3.8) is 0 Å². The maximum Gasteiger partial charge on any atom is 0.225 e. The number of nitrogens with zero attached hydrogens (tertiary/aromatic N) is 1. The van der Waals surface area contributed by atoms with Crippen LogP contribution in [0.15, 0.2) is 41.8 Å². The van der Waals surface area contributed by atoms with Gasteiger partial charge in [-0.3, -0.25) is 9.59 Å². The molecule has 5 heteroatoms. The molecule has 122 valence electrons. The van der Waals surface area contributed by atoms with Gasteiger partial charge in [0.25, 0.3) is 0 Å². The summed E-state index contributed by atoms with van der Waals surface area (Å²) in [5, 5.41) is 4.85. The Morgan fingerprint density at radius 3 is 2.61 bits per heavy atom. The third-order valence-corrected chi connectivity index (χ3v) is 4.49. The van der Waals surface area contributed by atoms with Gasteiger partial charge in [0, 0.05) is 30.6 Å². The lowest BCUT2D eigenvalue weighted by molar-refractivity contribution is -0.120. The molecule has 0 spiro atoms. The van der Waals surface area contributed by atoms with Gasteiger partial charge < -0.3 is 10.2 Å². The Labute approximate surface area is 141 Å². The summed E-state index contributed by atoms with van der Waals surface area (Å²) in [4.78, 5) is 26.6. The summed E-state index contributed by atoms with van der Waals surface area (Å²) >= 11 is 1.57. The molecule has 23 heavy (non-hydrogen) atoms. The maximum absolute atomic E-state index is 12.0. The Balaban J connectivity index is 1.92. The van der Waals surface area contributed by atoms with E-state index in [0.717, 1.165) is 22.5 Å². The standard InChI is InChI=1S/C18H22N2O2S/c1-3-15-7-4-5-9-17(15)20(14(2)21)11-10-19-18(22)13-16-8-6-12-23-16/h4-9,12H,3,10-11,13H2,1-2H3,(H,19,22). The molecule has 2 aromatic rings. The molecule has 0 fully saturated rings. The number of hydrogen-bond acceptors (Lipinski definition) is 3. The summed E-state index contributed by atoms with van der Waals surface area (Å²) in [7, 11) is 0. The number of amides is 2. The zero-order valence-corrected chi connectivity index (χ0v) is 14.4. The summed E-state index contributed by atoms with van der Waals surface area (Å²) in [5.74, 6) is -0.0295. The van der Waals surface area contributed by atoms with Crippen LogP contribution in [0.4, 0.5) is 5.69 Å². The number of benzene rings is 1. The number of thiophene rings is 1. The lowest BCUT2D eigenvalue weighted by atomic mass is 10.1. The minimum atomic E-state index is -0.0154. The Bertz CT molecular complexity index is 653. The van der Waals surface area contributed by atoms with Crippen LogP contribution in [0.3, 0.4) is 0 Å². The highest BCUT2D eigenvalue weighted by atomic mass is 32.1. The average Bonchev–Trinajstić information content (AvgIpc) is 3.04. The number of nitrogens with one attached hydrogen (secondary N) is 1. The van der Waals surface area contributed by atoms with Crippen molar-refractivity contribution in [2.24, 2.45) is 0 Å². The van der Waals surface area contributed by atoms with E-state index in [9.17, 15) is 9.59 Å². The minimum absolute atomic E-state index is 0.0141. The molecule has 2 rings (SSSR count). The Morgan fingerprint density at radius 1 is 1.17 bits per heavy atom. The molecule has 1 aromatic carbocycles.